The minimum absolute atomic E-state index is 0.360. The van der Waals surface area contributed by atoms with E-state index >= 15 is 0 Å². The molecular formula is C16H14ClN3OS. The summed E-state index contributed by atoms with van der Waals surface area (Å²) in [6.45, 7) is 4.06. The predicted octanol–water partition coefficient (Wildman–Crippen LogP) is 5.21. The first-order chi connectivity index (χ1) is 10.5. The first-order valence-corrected chi connectivity index (χ1v) is 7.93. The second kappa shape index (κ2) is 5.94. The van der Waals surface area contributed by atoms with Crippen molar-refractivity contribution >= 4 is 50.0 Å². The number of hydrogen-bond donors (Lipinski definition) is 2. The summed E-state index contributed by atoms with van der Waals surface area (Å²) in [4.78, 5) is 16.5. The number of nitrogens with one attached hydrogen (secondary N) is 2. The van der Waals surface area contributed by atoms with Crippen LogP contribution in [0.25, 0.3) is 10.2 Å². The Kier molecular flexibility index (Phi) is 4.00. The number of thiazole rings is 1. The quantitative estimate of drug-likeness (QED) is 0.677. The predicted molar refractivity (Wildman–Crippen MR) is 93.2 cm³/mol. The van der Waals surface area contributed by atoms with Crippen LogP contribution in [0.15, 0.2) is 36.4 Å². The molecule has 0 saturated carbocycles. The van der Waals surface area contributed by atoms with Gasteiger partial charge in [-0.2, -0.15) is 0 Å². The Morgan fingerprint density at radius 2 is 1.95 bits per heavy atom. The zero-order chi connectivity index (χ0) is 15.7. The highest BCUT2D eigenvalue weighted by Gasteiger charge is 2.10. The lowest BCUT2D eigenvalue weighted by Gasteiger charge is -2.06. The molecule has 2 amide bonds. The summed E-state index contributed by atoms with van der Waals surface area (Å²) >= 11 is 7.47. The molecule has 0 radical (unpaired) electrons. The molecule has 2 aromatic carbocycles. The van der Waals surface area contributed by atoms with Crippen molar-refractivity contribution in [3.8, 4) is 0 Å². The van der Waals surface area contributed by atoms with Gasteiger partial charge < -0.3 is 5.32 Å². The van der Waals surface area contributed by atoms with Crippen molar-refractivity contribution in [1.29, 1.82) is 0 Å². The number of carbonyl (C=O) groups excluding carboxylic acids is 1. The summed E-state index contributed by atoms with van der Waals surface area (Å²) in [6, 6.07) is 10.9. The molecule has 4 nitrogen and oxygen atoms in total. The number of carbonyl (C=O) groups is 1. The second-order valence-corrected chi connectivity index (χ2v) is 6.44. The van der Waals surface area contributed by atoms with Crippen molar-refractivity contribution in [2.75, 3.05) is 10.6 Å². The van der Waals surface area contributed by atoms with Crippen molar-refractivity contribution < 1.29 is 4.79 Å². The number of benzene rings is 2. The summed E-state index contributed by atoms with van der Waals surface area (Å²) in [7, 11) is 0. The van der Waals surface area contributed by atoms with Gasteiger partial charge in [0, 0.05) is 0 Å². The first-order valence-electron chi connectivity index (χ1n) is 6.73. The third-order valence-electron chi connectivity index (χ3n) is 3.17. The van der Waals surface area contributed by atoms with Crippen molar-refractivity contribution in [2.24, 2.45) is 0 Å². The molecule has 1 heterocycles. The van der Waals surface area contributed by atoms with Crippen molar-refractivity contribution in [2.45, 2.75) is 13.8 Å². The van der Waals surface area contributed by atoms with Crippen LogP contribution in [-0.4, -0.2) is 11.0 Å². The van der Waals surface area contributed by atoms with Gasteiger partial charge in [-0.1, -0.05) is 41.1 Å². The van der Waals surface area contributed by atoms with Crippen LogP contribution in [0.1, 0.15) is 11.1 Å². The molecule has 0 unspecified atom stereocenters. The molecule has 0 spiro atoms. The summed E-state index contributed by atoms with van der Waals surface area (Å²) in [5, 5.41) is 6.52. The SMILES string of the molecule is Cc1cc(C)c2nc(NC(=O)Nc3ccccc3Cl)sc2c1. The largest absolute Gasteiger partial charge is 0.325 e. The van der Waals surface area contributed by atoms with Crippen LogP contribution in [0.4, 0.5) is 15.6 Å². The number of anilines is 2. The minimum atomic E-state index is -0.360. The average molecular weight is 332 g/mol. The molecule has 3 aromatic rings. The maximum atomic E-state index is 12.0. The third-order valence-corrected chi connectivity index (χ3v) is 4.42. The van der Waals surface area contributed by atoms with Crippen LogP contribution >= 0.6 is 22.9 Å². The fraction of sp³-hybridized carbons (Fsp3) is 0.125. The fourth-order valence-electron chi connectivity index (χ4n) is 2.24. The van der Waals surface area contributed by atoms with Crippen LogP contribution in [0.2, 0.25) is 5.02 Å². The smallest absolute Gasteiger partial charge is 0.306 e. The van der Waals surface area contributed by atoms with E-state index in [0.29, 0.717) is 15.8 Å². The van der Waals surface area contributed by atoms with Crippen LogP contribution in [-0.2, 0) is 0 Å². The Labute approximate surface area is 137 Å². The van der Waals surface area contributed by atoms with Gasteiger partial charge in [0.15, 0.2) is 5.13 Å². The molecule has 0 bridgehead atoms. The van der Waals surface area contributed by atoms with E-state index in [2.05, 4.69) is 27.8 Å². The highest BCUT2D eigenvalue weighted by molar-refractivity contribution is 7.22. The van der Waals surface area contributed by atoms with Gasteiger partial charge >= 0.3 is 6.03 Å². The molecule has 1 aromatic heterocycles. The van der Waals surface area contributed by atoms with E-state index < -0.39 is 0 Å². The first kappa shape index (κ1) is 14.8. The highest BCUT2D eigenvalue weighted by Crippen LogP contribution is 2.29. The Hall–Kier alpha value is -2.11. The summed E-state index contributed by atoms with van der Waals surface area (Å²) in [6.07, 6.45) is 0. The zero-order valence-corrected chi connectivity index (χ0v) is 13.7. The van der Waals surface area contributed by atoms with Crippen LogP contribution in [0.5, 0.6) is 0 Å². The van der Waals surface area contributed by atoms with Crippen molar-refractivity contribution in [3.05, 3.63) is 52.5 Å². The lowest BCUT2D eigenvalue weighted by atomic mass is 10.1. The highest BCUT2D eigenvalue weighted by atomic mass is 35.5. The normalized spacial score (nSPS) is 10.7. The maximum absolute atomic E-state index is 12.0. The van der Waals surface area contributed by atoms with Gasteiger partial charge in [-0.15, -0.1) is 0 Å². The number of hydrogen-bond acceptors (Lipinski definition) is 3. The molecule has 0 aliphatic rings. The van der Waals surface area contributed by atoms with E-state index in [9.17, 15) is 4.79 Å². The number of amides is 2. The minimum Gasteiger partial charge on any atom is -0.306 e. The maximum Gasteiger partial charge on any atom is 0.325 e. The monoisotopic (exact) mass is 331 g/mol. The van der Waals surface area contributed by atoms with E-state index in [4.69, 9.17) is 11.6 Å². The summed E-state index contributed by atoms with van der Waals surface area (Å²) in [5.41, 5.74) is 3.77. The zero-order valence-electron chi connectivity index (χ0n) is 12.1. The van der Waals surface area contributed by atoms with Gasteiger partial charge in [0.1, 0.15) is 0 Å². The molecule has 3 rings (SSSR count). The molecule has 0 atom stereocenters. The number of fused-ring (bicyclic) bond motifs is 1. The molecule has 112 valence electrons. The van der Waals surface area contributed by atoms with E-state index in [1.807, 2.05) is 26.0 Å². The molecule has 2 N–H and O–H groups in total. The fourth-order valence-corrected chi connectivity index (χ4v) is 3.46. The number of para-hydroxylation sites is 1. The van der Waals surface area contributed by atoms with E-state index in [1.54, 1.807) is 12.1 Å². The summed E-state index contributed by atoms with van der Waals surface area (Å²) < 4.78 is 1.06. The molecular weight excluding hydrogens is 318 g/mol. The van der Waals surface area contributed by atoms with Crippen LogP contribution in [0.3, 0.4) is 0 Å². The second-order valence-electron chi connectivity index (χ2n) is 5.01. The van der Waals surface area contributed by atoms with Gasteiger partial charge in [0.2, 0.25) is 0 Å². The molecule has 0 saturated heterocycles. The molecule has 6 heteroatoms. The van der Waals surface area contributed by atoms with Crippen LogP contribution < -0.4 is 10.6 Å². The Balaban J connectivity index is 1.80. The average Bonchev–Trinajstić information content (AvgIpc) is 2.84. The number of halogens is 1. The molecule has 22 heavy (non-hydrogen) atoms. The molecule has 0 aliphatic heterocycles. The number of nitrogens with zero attached hydrogens (tertiary/aromatic N) is 1. The third kappa shape index (κ3) is 3.05. The van der Waals surface area contributed by atoms with E-state index in [-0.39, 0.29) is 6.03 Å². The van der Waals surface area contributed by atoms with Gasteiger partial charge in [-0.25, -0.2) is 9.78 Å². The van der Waals surface area contributed by atoms with E-state index in [1.165, 1.54) is 16.9 Å². The van der Waals surface area contributed by atoms with Gasteiger partial charge in [-0.3, -0.25) is 5.32 Å². The Morgan fingerprint density at radius 1 is 1.18 bits per heavy atom. The summed E-state index contributed by atoms with van der Waals surface area (Å²) in [5.74, 6) is 0. The van der Waals surface area contributed by atoms with E-state index in [0.717, 1.165) is 15.8 Å². The number of aromatic nitrogens is 1. The van der Waals surface area contributed by atoms with Gasteiger partial charge in [-0.05, 0) is 43.2 Å². The Bertz CT molecular complexity index is 860. The number of rotatable bonds is 2. The topological polar surface area (TPSA) is 54.0 Å². The number of urea groups is 1. The lowest BCUT2D eigenvalue weighted by Crippen LogP contribution is -2.19. The lowest BCUT2D eigenvalue weighted by molar-refractivity contribution is 0.262. The van der Waals surface area contributed by atoms with Crippen molar-refractivity contribution in [3.63, 3.8) is 0 Å². The Morgan fingerprint density at radius 3 is 2.73 bits per heavy atom. The van der Waals surface area contributed by atoms with Crippen molar-refractivity contribution in [1.82, 2.24) is 4.98 Å². The standard InChI is InChI=1S/C16H14ClN3OS/c1-9-7-10(2)14-13(8-9)22-16(19-14)20-15(21)18-12-6-4-3-5-11(12)17/h3-8H,1-2H3,(H2,18,19,20,21). The number of aryl methyl sites for hydroxylation is 2. The molecule has 0 aliphatic carbocycles. The van der Waals surface area contributed by atoms with Gasteiger partial charge in [0.25, 0.3) is 0 Å². The molecule has 0 fully saturated rings. The van der Waals surface area contributed by atoms with Gasteiger partial charge in [0.05, 0.1) is 20.9 Å². The van der Waals surface area contributed by atoms with Crippen LogP contribution in [0, 0.1) is 13.8 Å².